The van der Waals surface area contributed by atoms with Crippen LogP contribution in [0.15, 0.2) is 24.3 Å². The van der Waals surface area contributed by atoms with Gasteiger partial charge in [0.25, 0.3) is 0 Å². The Balaban J connectivity index is 2.38. The zero-order valence-corrected chi connectivity index (χ0v) is 13.0. The van der Waals surface area contributed by atoms with Crippen LogP contribution in [-0.2, 0) is 10.2 Å². The van der Waals surface area contributed by atoms with E-state index in [1.165, 1.54) is 5.56 Å². The molecule has 0 heterocycles. The summed E-state index contributed by atoms with van der Waals surface area (Å²) in [5.41, 5.74) is 1.32. The summed E-state index contributed by atoms with van der Waals surface area (Å²) in [6, 6.07) is 8.03. The van der Waals surface area contributed by atoms with Crippen molar-refractivity contribution >= 4 is 0 Å². The van der Waals surface area contributed by atoms with Gasteiger partial charge in [-0.3, -0.25) is 0 Å². The summed E-state index contributed by atoms with van der Waals surface area (Å²) in [4.78, 5) is 0. The van der Waals surface area contributed by atoms with Crippen molar-refractivity contribution in [3.8, 4) is 5.75 Å². The number of aliphatic hydroxyl groups is 1. The molecule has 0 saturated carbocycles. The smallest absolute Gasteiger partial charge is 0.119 e. The Kier molecular flexibility index (Phi) is 6.99. The van der Waals surface area contributed by atoms with Gasteiger partial charge in [-0.1, -0.05) is 32.9 Å². The Morgan fingerprint density at radius 2 is 2.05 bits per heavy atom. The molecule has 0 aliphatic rings. The average Bonchev–Trinajstić information content (AvgIpc) is 2.41. The third-order valence-electron chi connectivity index (χ3n) is 3.01. The monoisotopic (exact) mass is 281 g/mol. The lowest BCUT2D eigenvalue weighted by atomic mass is 9.87. The van der Waals surface area contributed by atoms with Gasteiger partial charge in [0.05, 0.1) is 6.61 Å². The van der Waals surface area contributed by atoms with Gasteiger partial charge >= 0.3 is 0 Å². The maximum Gasteiger partial charge on any atom is 0.119 e. The van der Waals surface area contributed by atoms with Crippen molar-refractivity contribution in [2.24, 2.45) is 0 Å². The van der Waals surface area contributed by atoms with E-state index >= 15 is 0 Å². The highest BCUT2D eigenvalue weighted by Gasteiger charge is 2.14. The van der Waals surface area contributed by atoms with Gasteiger partial charge in [0.2, 0.25) is 0 Å². The molecule has 4 nitrogen and oxygen atoms in total. The second-order valence-corrected chi connectivity index (χ2v) is 5.94. The van der Waals surface area contributed by atoms with Crippen LogP contribution in [0.25, 0.3) is 0 Å². The molecule has 1 rings (SSSR count). The molecule has 1 atom stereocenters. The molecule has 0 aromatic heterocycles. The van der Waals surface area contributed by atoms with Gasteiger partial charge < -0.3 is 19.9 Å². The van der Waals surface area contributed by atoms with Crippen LogP contribution in [0.2, 0.25) is 0 Å². The molecule has 1 unspecified atom stereocenters. The maximum atomic E-state index is 9.81. The molecule has 1 aromatic rings. The Morgan fingerprint density at radius 3 is 2.70 bits per heavy atom. The van der Waals surface area contributed by atoms with E-state index in [1.807, 2.05) is 18.2 Å². The Labute approximate surface area is 122 Å². The van der Waals surface area contributed by atoms with Crippen molar-refractivity contribution in [3.05, 3.63) is 29.8 Å². The van der Waals surface area contributed by atoms with Gasteiger partial charge in [0, 0.05) is 20.2 Å². The summed E-state index contributed by atoms with van der Waals surface area (Å²) in [6.07, 6.45) is -0.523. The van der Waals surface area contributed by atoms with Crippen LogP contribution in [-0.4, -0.2) is 44.6 Å². The van der Waals surface area contributed by atoms with Crippen LogP contribution in [0.5, 0.6) is 5.75 Å². The fourth-order valence-electron chi connectivity index (χ4n) is 1.75. The van der Waals surface area contributed by atoms with E-state index in [9.17, 15) is 5.11 Å². The molecule has 2 N–H and O–H groups in total. The predicted molar refractivity (Wildman–Crippen MR) is 81.4 cm³/mol. The maximum absolute atomic E-state index is 9.81. The summed E-state index contributed by atoms with van der Waals surface area (Å²) in [6.45, 7) is 8.66. The van der Waals surface area contributed by atoms with Crippen molar-refractivity contribution in [1.82, 2.24) is 5.32 Å². The fourth-order valence-corrected chi connectivity index (χ4v) is 1.75. The van der Waals surface area contributed by atoms with Crippen molar-refractivity contribution in [1.29, 1.82) is 0 Å². The van der Waals surface area contributed by atoms with Crippen molar-refractivity contribution in [2.45, 2.75) is 32.3 Å². The number of benzene rings is 1. The largest absolute Gasteiger partial charge is 0.491 e. The normalized spacial score (nSPS) is 13.2. The number of ether oxygens (including phenoxy) is 2. The van der Waals surface area contributed by atoms with Crippen LogP contribution in [0.4, 0.5) is 0 Å². The molecule has 1 aromatic carbocycles. The van der Waals surface area contributed by atoms with Crippen LogP contribution in [0, 0.1) is 0 Å². The van der Waals surface area contributed by atoms with Crippen LogP contribution < -0.4 is 10.1 Å². The minimum atomic E-state index is -0.523. The first-order chi connectivity index (χ1) is 9.43. The predicted octanol–water partition coefficient (Wildman–Crippen LogP) is 1.96. The van der Waals surface area contributed by atoms with Gasteiger partial charge in [-0.05, 0) is 23.1 Å². The van der Waals surface area contributed by atoms with E-state index in [0.717, 1.165) is 12.3 Å². The molecule has 4 heteroatoms. The molecule has 0 aliphatic carbocycles. The molecule has 0 fully saturated rings. The second kappa shape index (κ2) is 8.25. The summed E-state index contributed by atoms with van der Waals surface area (Å²) in [5, 5.41) is 12.9. The third kappa shape index (κ3) is 6.37. The third-order valence-corrected chi connectivity index (χ3v) is 3.01. The highest BCUT2D eigenvalue weighted by Crippen LogP contribution is 2.25. The summed E-state index contributed by atoms with van der Waals surface area (Å²) in [7, 11) is 1.66. The molecule has 0 spiro atoms. The quantitative estimate of drug-likeness (QED) is 0.715. The Bertz CT molecular complexity index is 388. The van der Waals surface area contributed by atoms with Crippen molar-refractivity contribution in [2.75, 3.05) is 33.4 Å². The number of rotatable bonds is 8. The van der Waals surface area contributed by atoms with E-state index < -0.39 is 6.10 Å². The van der Waals surface area contributed by atoms with Crippen molar-refractivity contribution in [3.63, 3.8) is 0 Å². The molecule has 114 valence electrons. The minimum Gasteiger partial charge on any atom is -0.491 e. The number of nitrogens with one attached hydrogen (secondary N) is 1. The molecule has 0 bridgehead atoms. The molecule has 0 amide bonds. The molecule has 0 saturated heterocycles. The molecule has 0 radical (unpaired) electrons. The van der Waals surface area contributed by atoms with E-state index in [4.69, 9.17) is 9.47 Å². The van der Waals surface area contributed by atoms with Gasteiger partial charge in [0.1, 0.15) is 18.5 Å². The van der Waals surface area contributed by atoms with E-state index in [2.05, 4.69) is 32.2 Å². The highest BCUT2D eigenvalue weighted by molar-refractivity contribution is 5.32. The van der Waals surface area contributed by atoms with Gasteiger partial charge in [-0.2, -0.15) is 0 Å². The first-order valence-electron chi connectivity index (χ1n) is 7.04. The lowest BCUT2D eigenvalue weighted by Crippen LogP contribution is -2.33. The van der Waals surface area contributed by atoms with E-state index in [0.29, 0.717) is 13.2 Å². The molecule has 20 heavy (non-hydrogen) atoms. The van der Waals surface area contributed by atoms with Crippen LogP contribution >= 0.6 is 0 Å². The van der Waals surface area contributed by atoms with Crippen molar-refractivity contribution < 1.29 is 14.6 Å². The number of hydrogen-bond acceptors (Lipinski definition) is 4. The minimum absolute atomic E-state index is 0.0969. The molecular formula is C16H27NO3. The highest BCUT2D eigenvalue weighted by atomic mass is 16.5. The lowest BCUT2D eigenvalue weighted by molar-refractivity contribution is 0.103. The average molecular weight is 281 g/mol. The standard InChI is InChI=1S/C16H27NO3/c1-16(2,3)13-6-5-7-15(10-13)20-12-14(18)11-17-8-9-19-4/h5-7,10,14,17-18H,8-9,11-12H2,1-4H3. The SMILES string of the molecule is COCCNCC(O)COc1cccc(C(C)(C)C)c1. The summed E-state index contributed by atoms with van der Waals surface area (Å²) >= 11 is 0. The summed E-state index contributed by atoms with van der Waals surface area (Å²) in [5.74, 6) is 0.799. The zero-order valence-electron chi connectivity index (χ0n) is 13.0. The van der Waals surface area contributed by atoms with Crippen LogP contribution in [0.1, 0.15) is 26.3 Å². The fraction of sp³-hybridized carbons (Fsp3) is 0.625. The number of methoxy groups -OCH3 is 1. The van der Waals surface area contributed by atoms with Gasteiger partial charge in [-0.25, -0.2) is 0 Å². The summed E-state index contributed by atoms with van der Waals surface area (Å²) < 4.78 is 10.6. The number of aliphatic hydroxyl groups excluding tert-OH is 1. The topological polar surface area (TPSA) is 50.7 Å². The molecular weight excluding hydrogens is 254 g/mol. The van der Waals surface area contributed by atoms with E-state index in [-0.39, 0.29) is 12.0 Å². The van der Waals surface area contributed by atoms with E-state index in [1.54, 1.807) is 7.11 Å². The first-order valence-corrected chi connectivity index (χ1v) is 7.04. The second-order valence-electron chi connectivity index (χ2n) is 5.94. The van der Waals surface area contributed by atoms with Gasteiger partial charge in [0.15, 0.2) is 0 Å². The lowest BCUT2D eigenvalue weighted by Gasteiger charge is -2.20. The zero-order chi connectivity index (χ0) is 15.0. The van der Waals surface area contributed by atoms with Crippen LogP contribution in [0.3, 0.4) is 0 Å². The Morgan fingerprint density at radius 1 is 1.30 bits per heavy atom. The number of hydrogen-bond donors (Lipinski definition) is 2. The molecule has 0 aliphatic heterocycles. The Hall–Kier alpha value is -1.10. The first kappa shape index (κ1) is 17.0. The van der Waals surface area contributed by atoms with Gasteiger partial charge in [-0.15, -0.1) is 0 Å².